The second-order valence-electron chi connectivity index (χ2n) is 3.58. The molecule has 1 aromatic rings. The molecule has 100 valence electrons. The van der Waals surface area contributed by atoms with Gasteiger partial charge in [0.2, 0.25) is 0 Å². The highest BCUT2D eigenvalue weighted by molar-refractivity contribution is 7.99. The maximum absolute atomic E-state index is 11.8. The van der Waals surface area contributed by atoms with Gasteiger partial charge in [0.25, 0.3) is 5.91 Å². The van der Waals surface area contributed by atoms with E-state index in [2.05, 4.69) is 10.3 Å². The number of nitrogens with one attached hydrogen (secondary N) is 1. The number of nitrogens with zero attached hydrogens (tertiary/aromatic N) is 1. The van der Waals surface area contributed by atoms with E-state index in [-0.39, 0.29) is 11.7 Å². The molecule has 1 amide bonds. The molecule has 1 rings (SSSR count). The number of aromatic nitrogens is 1. The van der Waals surface area contributed by atoms with Crippen LogP contribution in [0.5, 0.6) is 0 Å². The normalized spacial score (nSPS) is 10.3. The molecule has 0 fully saturated rings. The molecule has 0 aliphatic heterocycles. The second kappa shape index (κ2) is 7.38. The summed E-state index contributed by atoms with van der Waals surface area (Å²) < 4.78 is 0. The van der Waals surface area contributed by atoms with E-state index in [1.807, 2.05) is 13.8 Å². The topological polar surface area (TPSA) is 79.3 Å². The van der Waals surface area contributed by atoms with E-state index in [1.165, 1.54) is 23.1 Å². The van der Waals surface area contributed by atoms with E-state index in [9.17, 15) is 9.59 Å². The molecular weight excluding hydrogens is 272 g/mol. The SMILES string of the molecule is CCc1nc(C)c(C(=O)NCCSCC(=O)O)s1. The molecule has 0 unspecified atom stereocenters. The van der Waals surface area contributed by atoms with Crippen molar-refractivity contribution >= 4 is 35.0 Å². The number of carbonyl (C=O) groups is 2. The Hall–Kier alpha value is -1.08. The van der Waals surface area contributed by atoms with Crippen molar-refractivity contribution in [3.8, 4) is 0 Å². The van der Waals surface area contributed by atoms with Crippen molar-refractivity contribution < 1.29 is 14.7 Å². The average molecular weight is 288 g/mol. The number of rotatable bonds is 7. The van der Waals surface area contributed by atoms with Crippen molar-refractivity contribution in [1.82, 2.24) is 10.3 Å². The fraction of sp³-hybridized carbons (Fsp3) is 0.545. The number of amides is 1. The van der Waals surface area contributed by atoms with E-state index >= 15 is 0 Å². The fourth-order valence-electron chi connectivity index (χ4n) is 1.29. The van der Waals surface area contributed by atoms with Gasteiger partial charge in [-0.15, -0.1) is 23.1 Å². The van der Waals surface area contributed by atoms with Crippen molar-refractivity contribution in [3.63, 3.8) is 0 Å². The minimum Gasteiger partial charge on any atom is -0.481 e. The number of thioether (sulfide) groups is 1. The van der Waals surface area contributed by atoms with Crippen LogP contribution in [0.15, 0.2) is 0 Å². The van der Waals surface area contributed by atoms with Crippen LogP contribution < -0.4 is 5.32 Å². The number of hydrogen-bond donors (Lipinski definition) is 2. The zero-order valence-corrected chi connectivity index (χ0v) is 12.0. The van der Waals surface area contributed by atoms with Crippen LogP contribution in [0.2, 0.25) is 0 Å². The summed E-state index contributed by atoms with van der Waals surface area (Å²) >= 11 is 2.70. The van der Waals surface area contributed by atoms with E-state index < -0.39 is 5.97 Å². The Morgan fingerprint density at radius 2 is 2.22 bits per heavy atom. The van der Waals surface area contributed by atoms with Gasteiger partial charge >= 0.3 is 5.97 Å². The largest absolute Gasteiger partial charge is 0.481 e. The fourth-order valence-corrected chi connectivity index (χ4v) is 2.78. The van der Waals surface area contributed by atoms with E-state index in [1.54, 1.807) is 0 Å². The summed E-state index contributed by atoms with van der Waals surface area (Å²) in [5.74, 6) is -0.302. The Labute approximate surface area is 114 Å². The van der Waals surface area contributed by atoms with Crippen molar-refractivity contribution in [3.05, 3.63) is 15.6 Å². The summed E-state index contributed by atoms with van der Waals surface area (Å²) in [4.78, 5) is 27.0. The molecule has 1 aromatic heterocycles. The molecule has 0 aromatic carbocycles. The lowest BCUT2D eigenvalue weighted by Crippen LogP contribution is -2.25. The molecule has 7 heteroatoms. The first kappa shape index (κ1) is 15.0. The molecule has 0 atom stereocenters. The predicted octanol–water partition coefficient (Wildman–Crippen LogP) is 1.56. The Kier molecular flexibility index (Phi) is 6.14. The van der Waals surface area contributed by atoms with Crippen LogP contribution in [-0.2, 0) is 11.2 Å². The molecule has 2 N–H and O–H groups in total. The first-order valence-corrected chi connectivity index (χ1v) is 7.55. The summed E-state index contributed by atoms with van der Waals surface area (Å²) in [5.41, 5.74) is 0.757. The summed E-state index contributed by atoms with van der Waals surface area (Å²) in [6.07, 6.45) is 0.827. The number of aliphatic carboxylic acids is 1. The van der Waals surface area contributed by atoms with E-state index in [0.717, 1.165) is 17.1 Å². The third-order valence-electron chi connectivity index (χ3n) is 2.11. The highest BCUT2D eigenvalue weighted by atomic mass is 32.2. The van der Waals surface area contributed by atoms with Crippen LogP contribution in [0.1, 0.15) is 27.3 Å². The summed E-state index contributed by atoms with van der Waals surface area (Å²) in [7, 11) is 0. The number of aryl methyl sites for hydroxylation is 2. The van der Waals surface area contributed by atoms with Crippen LogP contribution in [-0.4, -0.2) is 40.0 Å². The van der Waals surface area contributed by atoms with Crippen LogP contribution in [0.3, 0.4) is 0 Å². The second-order valence-corrected chi connectivity index (χ2v) is 5.77. The first-order valence-electron chi connectivity index (χ1n) is 5.58. The molecule has 0 saturated heterocycles. The number of carbonyl (C=O) groups excluding carboxylic acids is 1. The predicted molar refractivity (Wildman–Crippen MR) is 73.5 cm³/mol. The van der Waals surface area contributed by atoms with Crippen LogP contribution >= 0.6 is 23.1 Å². The number of carboxylic acid groups (broad SMARTS) is 1. The van der Waals surface area contributed by atoms with Crippen molar-refractivity contribution in [2.24, 2.45) is 0 Å². The third-order valence-corrected chi connectivity index (χ3v) is 4.35. The lowest BCUT2D eigenvalue weighted by atomic mass is 10.3. The van der Waals surface area contributed by atoms with Gasteiger partial charge in [0.05, 0.1) is 16.5 Å². The van der Waals surface area contributed by atoms with Gasteiger partial charge in [0, 0.05) is 12.3 Å². The number of thiazole rings is 1. The smallest absolute Gasteiger partial charge is 0.313 e. The molecule has 0 bridgehead atoms. The molecule has 0 radical (unpaired) electrons. The molecular formula is C11H16N2O3S2. The Morgan fingerprint density at radius 3 is 2.78 bits per heavy atom. The maximum atomic E-state index is 11.8. The van der Waals surface area contributed by atoms with Gasteiger partial charge in [0.1, 0.15) is 4.88 Å². The van der Waals surface area contributed by atoms with Gasteiger partial charge in [-0.25, -0.2) is 4.98 Å². The zero-order chi connectivity index (χ0) is 13.5. The third kappa shape index (κ3) is 4.66. The molecule has 5 nitrogen and oxygen atoms in total. The van der Waals surface area contributed by atoms with Gasteiger partial charge in [-0.1, -0.05) is 6.92 Å². The highest BCUT2D eigenvalue weighted by Crippen LogP contribution is 2.18. The first-order chi connectivity index (χ1) is 8.54. The number of carboxylic acids is 1. The standard InChI is InChI=1S/C11H16N2O3S2/c1-3-8-13-7(2)10(18-8)11(16)12-4-5-17-6-9(14)15/h3-6H2,1-2H3,(H,12,16)(H,14,15). The van der Waals surface area contributed by atoms with Gasteiger partial charge < -0.3 is 10.4 Å². The minimum atomic E-state index is -0.836. The minimum absolute atomic E-state index is 0.0649. The van der Waals surface area contributed by atoms with Crippen molar-refractivity contribution in [2.75, 3.05) is 18.1 Å². The molecule has 0 spiro atoms. The van der Waals surface area contributed by atoms with Gasteiger partial charge in [-0.2, -0.15) is 0 Å². The number of hydrogen-bond acceptors (Lipinski definition) is 5. The monoisotopic (exact) mass is 288 g/mol. The van der Waals surface area contributed by atoms with Crippen LogP contribution in [0.4, 0.5) is 0 Å². The summed E-state index contributed by atoms with van der Waals surface area (Å²) in [6, 6.07) is 0. The van der Waals surface area contributed by atoms with Crippen LogP contribution in [0, 0.1) is 6.92 Å². The zero-order valence-electron chi connectivity index (χ0n) is 10.4. The van der Waals surface area contributed by atoms with E-state index in [4.69, 9.17) is 5.11 Å². The lowest BCUT2D eigenvalue weighted by Gasteiger charge is -2.02. The average Bonchev–Trinajstić information content (AvgIpc) is 2.69. The molecule has 0 aliphatic carbocycles. The summed E-state index contributed by atoms with van der Waals surface area (Å²) in [5, 5.41) is 12.2. The van der Waals surface area contributed by atoms with Gasteiger partial charge in [-0.05, 0) is 13.3 Å². The van der Waals surface area contributed by atoms with Gasteiger partial charge in [-0.3, -0.25) is 9.59 Å². The van der Waals surface area contributed by atoms with Crippen molar-refractivity contribution in [1.29, 1.82) is 0 Å². The van der Waals surface area contributed by atoms with Gasteiger partial charge in [0.15, 0.2) is 0 Å². The van der Waals surface area contributed by atoms with Crippen LogP contribution in [0.25, 0.3) is 0 Å². The summed E-state index contributed by atoms with van der Waals surface area (Å²) in [6.45, 7) is 4.29. The molecule has 0 aliphatic rings. The molecule has 1 heterocycles. The Balaban J connectivity index is 2.36. The van der Waals surface area contributed by atoms with E-state index in [0.29, 0.717) is 17.2 Å². The highest BCUT2D eigenvalue weighted by Gasteiger charge is 2.13. The maximum Gasteiger partial charge on any atom is 0.313 e. The molecule has 18 heavy (non-hydrogen) atoms. The lowest BCUT2D eigenvalue weighted by molar-refractivity contribution is -0.133. The Bertz CT molecular complexity index is 432. The van der Waals surface area contributed by atoms with Crippen molar-refractivity contribution in [2.45, 2.75) is 20.3 Å². The molecule has 0 saturated carbocycles. The Morgan fingerprint density at radius 1 is 1.50 bits per heavy atom. The quantitative estimate of drug-likeness (QED) is 0.744.